The molecule has 6 heteroatoms. The Kier molecular flexibility index (Phi) is 3.78. The lowest BCUT2D eigenvalue weighted by Crippen LogP contribution is -2.57. The van der Waals surface area contributed by atoms with Gasteiger partial charge in [-0.3, -0.25) is 5.32 Å². The smallest absolute Gasteiger partial charge is 0.338 e. The Hall–Kier alpha value is -1.14. The van der Waals surface area contributed by atoms with E-state index in [9.17, 15) is 14.7 Å². The summed E-state index contributed by atoms with van der Waals surface area (Å²) in [6.45, 7) is 5.29. The lowest BCUT2D eigenvalue weighted by Gasteiger charge is -2.28. The van der Waals surface area contributed by atoms with Crippen molar-refractivity contribution < 1.29 is 24.2 Å². The molecular weight excluding hydrogens is 226 g/mol. The molecule has 1 aliphatic heterocycles. The molecule has 1 unspecified atom stereocenters. The predicted molar refractivity (Wildman–Crippen MR) is 59.2 cm³/mol. The second-order valence-corrected chi connectivity index (χ2v) is 5.14. The summed E-state index contributed by atoms with van der Waals surface area (Å²) in [5, 5.41) is 12.2. The number of β-amino-alcohol motifs (C(OH)–C–C–N with tert-alkyl or cyclic N) is 1. The molecule has 2 N–H and O–H groups in total. The number of carbonyl (C=O) groups is 2. The maximum absolute atomic E-state index is 12.0. The first-order chi connectivity index (χ1) is 7.71. The van der Waals surface area contributed by atoms with Crippen LogP contribution in [0.5, 0.6) is 0 Å². The molecule has 0 saturated carbocycles. The third kappa shape index (κ3) is 2.95. The maximum atomic E-state index is 12.0. The first kappa shape index (κ1) is 13.9. The predicted octanol–water partition coefficient (Wildman–Crippen LogP) is -0.406. The standard InChI is InChI=1S/C11H19NO5/c1-10(2,3)17-9(15)11(8(14)16-4)5-7(13)6-12-11/h7,12-13H,5-6H2,1-4H3/t7?,11-/m0/s1. The molecule has 0 aromatic rings. The van der Waals surface area contributed by atoms with Crippen molar-refractivity contribution in [2.75, 3.05) is 13.7 Å². The molecular formula is C11H19NO5. The zero-order chi connectivity index (χ0) is 13.3. The van der Waals surface area contributed by atoms with Gasteiger partial charge in [0.25, 0.3) is 0 Å². The molecule has 0 aliphatic carbocycles. The monoisotopic (exact) mass is 245 g/mol. The van der Waals surface area contributed by atoms with E-state index in [1.807, 2.05) is 0 Å². The van der Waals surface area contributed by atoms with E-state index < -0.39 is 29.2 Å². The van der Waals surface area contributed by atoms with Gasteiger partial charge in [0.05, 0.1) is 13.2 Å². The van der Waals surface area contributed by atoms with Crippen molar-refractivity contribution >= 4 is 11.9 Å². The van der Waals surface area contributed by atoms with Crippen LogP contribution in [0.15, 0.2) is 0 Å². The summed E-state index contributed by atoms with van der Waals surface area (Å²) in [4.78, 5) is 23.7. The highest BCUT2D eigenvalue weighted by Gasteiger charge is 2.54. The van der Waals surface area contributed by atoms with Crippen LogP contribution in [-0.2, 0) is 19.1 Å². The summed E-state index contributed by atoms with van der Waals surface area (Å²) in [5.41, 5.74) is -2.28. The van der Waals surface area contributed by atoms with Crippen molar-refractivity contribution in [1.29, 1.82) is 0 Å². The van der Waals surface area contributed by atoms with Crippen LogP contribution in [0.4, 0.5) is 0 Å². The van der Waals surface area contributed by atoms with Crippen molar-refractivity contribution in [3.05, 3.63) is 0 Å². The molecule has 1 fully saturated rings. The second-order valence-electron chi connectivity index (χ2n) is 5.14. The van der Waals surface area contributed by atoms with E-state index in [1.54, 1.807) is 20.8 Å². The summed E-state index contributed by atoms with van der Waals surface area (Å²) in [6, 6.07) is 0. The Morgan fingerprint density at radius 1 is 1.35 bits per heavy atom. The van der Waals surface area contributed by atoms with Gasteiger partial charge in [0, 0.05) is 13.0 Å². The van der Waals surface area contributed by atoms with Crippen LogP contribution < -0.4 is 5.32 Å². The molecule has 98 valence electrons. The van der Waals surface area contributed by atoms with E-state index in [0.29, 0.717) is 0 Å². The highest BCUT2D eigenvalue weighted by molar-refractivity contribution is 6.05. The Bertz CT molecular complexity index is 322. The molecule has 1 aliphatic rings. The second kappa shape index (κ2) is 4.62. The lowest BCUT2D eigenvalue weighted by molar-refractivity contribution is -0.172. The summed E-state index contributed by atoms with van der Waals surface area (Å²) in [6.07, 6.45) is -0.796. The largest absolute Gasteiger partial charge is 0.467 e. The fourth-order valence-electron chi connectivity index (χ4n) is 1.72. The fraction of sp³-hybridized carbons (Fsp3) is 0.818. The van der Waals surface area contributed by atoms with Crippen LogP contribution in [-0.4, -0.2) is 47.9 Å². The van der Waals surface area contributed by atoms with Crippen molar-refractivity contribution in [2.24, 2.45) is 0 Å². The molecule has 0 radical (unpaired) electrons. The number of nitrogens with one attached hydrogen (secondary N) is 1. The van der Waals surface area contributed by atoms with Gasteiger partial charge in [0.1, 0.15) is 5.60 Å². The SMILES string of the molecule is COC(=O)[C@]1(C(=O)OC(C)(C)C)CC(O)CN1. The number of ether oxygens (including phenoxy) is 2. The molecule has 0 bridgehead atoms. The van der Waals surface area contributed by atoms with Crippen molar-refractivity contribution in [3.63, 3.8) is 0 Å². The van der Waals surface area contributed by atoms with Crippen LogP contribution >= 0.6 is 0 Å². The normalized spacial score (nSPS) is 28.9. The zero-order valence-corrected chi connectivity index (χ0v) is 10.6. The number of aliphatic hydroxyl groups is 1. The molecule has 1 rings (SSSR count). The maximum Gasteiger partial charge on any atom is 0.338 e. The first-order valence-electron chi connectivity index (χ1n) is 5.46. The molecule has 1 heterocycles. The van der Waals surface area contributed by atoms with Gasteiger partial charge in [-0.15, -0.1) is 0 Å². The molecule has 2 atom stereocenters. The summed E-state index contributed by atoms with van der Waals surface area (Å²) in [5.74, 6) is -1.45. The van der Waals surface area contributed by atoms with Gasteiger partial charge in [-0.25, -0.2) is 9.59 Å². The van der Waals surface area contributed by atoms with E-state index in [-0.39, 0.29) is 13.0 Å². The quantitative estimate of drug-likeness (QED) is 0.508. The average Bonchev–Trinajstić information content (AvgIpc) is 2.58. The topological polar surface area (TPSA) is 84.9 Å². The minimum absolute atomic E-state index is 0.0331. The van der Waals surface area contributed by atoms with Crippen molar-refractivity contribution in [3.8, 4) is 0 Å². The number of hydrogen-bond donors (Lipinski definition) is 2. The third-order valence-electron chi connectivity index (χ3n) is 2.46. The van der Waals surface area contributed by atoms with Crippen molar-refractivity contribution in [2.45, 2.75) is 44.4 Å². The van der Waals surface area contributed by atoms with Crippen LogP contribution in [0.1, 0.15) is 27.2 Å². The minimum Gasteiger partial charge on any atom is -0.467 e. The highest BCUT2D eigenvalue weighted by atomic mass is 16.6. The van der Waals surface area contributed by atoms with E-state index in [1.165, 1.54) is 7.11 Å². The summed E-state index contributed by atoms with van der Waals surface area (Å²) in [7, 11) is 1.20. The van der Waals surface area contributed by atoms with E-state index in [0.717, 1.165) is 0 Å². The summed E-state index contributed by atoms with van der Waals surface area (Å²) >= 11 is 0. The molecule has 6 nitrogen and oxygen atoms in total. The molecule has 0 spiro atoms. The molecule has 17 heavy (non-hydrogen) atoms. The van der Waals surface area contributed by atoms with Crippen LogP contribution in [0.3, 0.4) is 0 Å². The Morgan fingerprint density at radius 2 is 1.94 bits per heavy atom. The summed E-state index contributed by atoms with van der Waals surface area (Å²) < 4.78 is 9.79. The fourth-order valence-corrected chi connectivity index (χ4v) is 1.72. The molecule has 0 aromatic carbocycles. The molecule has 0 amide bonds. The minimum atomic E-state index is -1.58. The van der Waals surface area contributed by atoms with Gasteiger partial charge in [-0.05, 0) is 20.8 Å². The van der Waals surface area contributed by atoms with Gasteiger partial charge in [-0.1, -0.05) is 0 Å². The number of carbonyl (C=O) groups excluding carboxylic acids is 2. The van der Waals surface area contributed by atoms with Crippen LogP contribution in [0.2, 0.25) is 0 Å². The van der Waals surface area contributed by atoms with Gasteiger partial charge >= 0.3 is 11.9 Å². The Balaban J connectivity index is 2.92. The van der Waals surface area contributed by atoms with E-state index in [2.05, 4.69) is 10.1 Å². The zero-order valence-electron chi connectivity index (χ0n) is 10.6. The average molecular weight is 245 g/mol. The third-order valence-corrected chi connectivity index (χ3v) is 2.46. The van der Waals surface area contributed by atoms with Gasteiger partial charge < -0.3 is 14.6 Å². The molecule has 1 saturated heterocycles. The number of methoxy groups -OCH3 is 1. The number of aliphatic hydroxyl groups excluding tert-OH is 1. The van der Waals surface area contributed by atoms with Crippen molar-refractivity contribution in [1.82, 2.24) is 5.32 Å². The first-order valence-corrected chi connectivity index (χ1v) is 5.46. The number of hydrogen-bond acceptors (Lipinski definition) is 6. The Morgan fingerprint density at radius 3 is 2.29 bits per heavy atom. The van der Waals surface area contributed by atoms with Crippen LogP contribution in [0.25, 0.3) is 0 Å². The van der Waals surface area contributed by atoms with E-state index >= 15 is 0 Å². The van der Waals surface area contributed by atoms with Gasteiger partial charge in [-0.2, -0.15) is 0 Å². The van der Waals surface area contributed by atoms with Crippen LogP contribution in [0, 0.1) is 0 Å². The molecule has 0 aromatic heterocycles. The highest BCUT2D eigenvalue weighted by Crippen LogP contribution is 2.25. The number of rotatable bonds is 2. The Labute approximate surface area is 100 Å². The number of esters is 2. The van der Waals surface area contributed by atoms with E-state index in [4.69, 9.17) is 4.74 Å². The van der Waals surface area contributed by atoms with Gasteiger partial charge in [0.15, 0.2) is 0 Å². The lowest BCUT2D eigenvalue weighted by atomic mass is 9.96. The van der Waals surface area contributed by atoms with Gasteiger partial charge in [0.2, 0.25) is 5.54 Å².